The van der Waals surface area contributed by atoms with Crippen LogP contribution in [0.3, 0.4) is 0 Å². The molecular formula is C16H15BrOS. The van der Waals surface area contributed by atoms with Crippen LogP contribution in [0.25, 0.3) is 10.4 Å². The minimum atomic E-state index is 0.103. The lowest BCUT2D eigenvalue weighted by Gasteiger charge is -2.27. The Bertz CT molecular complexity index is 637. The monoisotopic (exact) mass is 334 g/mol. The maximum absolute atomic E-state index is 12.2. The van der Waals surface area contributed by atoms with Crippen molar-refractivity contribution in [2.75, 3.05) is 0 Å². The minimum absolute atomic E-state index is 0.103. The van der Waals surface area contributed by atoms with E-state index in [4.69, 9.17) is 0 Å². The van der Waals surface area contributed by atoms with Crippen LogP contribution in [0, 0.1) is 5.41 Å². The average molecular weight is 335 g/mol. The third-order valence-electron chi connectivity index (χ3n) is 3.52. The quantitative estimate of drug-likeness (QED) is 0.688. The van der Waals surface area contributed by atoms with Crippen molar-refractivity contribution in [3.05, 3.63) is 45.2 Å². The van der Waals surface area contributed by atoms with Gasteiger partial charge in [-0.25, -0.2) is 0 Å². The fourth-order valence-corrected chi connectivity index (χ4v) is 4.29. The summed E-state index contributed by atoms with van der Waals surface area (Å²) in [6.45, 7) is 4.35. The molecule has 0 bridgehead atoms. The summed E-state index contributed by atoms with van der Waals surface area (Å²) in [5.74, 6) is 0.297. The zero-order chi connectivity index (χ0) is 13.6. The van der Waals surface area contributed by atoms with Gasteiger partial charge >= 0.3 is 0 Å². The second kappa shape index (κ2) is 4.57. The van der Waals surface area contributed by atoms with Crippen LogP contribution < -0.4 is 0 Å². The number of ketones is 1. The molecule has 0 saturated heterocycles. The van der Waals surface area contributed by atoms with Crippen LogP contribution in [0.4, 0.5) is 0 Å². The molecule has 1 aliphatic rings. The van der Waals surface area contributed by atoms with E-state index in [2.05, 4.69) is 48.0 Å². The van der Waals surface area contributed by atoms with Crippen molar-refractivity contribution in [2.45, 2.75) is 26.7 Å². The van der Waals surface area contributed by atoms with Crippen LogP contribution >= 0.6 is 27.3 Å². The second-order valence-electron chi connectivity index (χ2n) is 5.90. The van der Waals surface area contributed by atoms with Crippen LogP contribution in [0.1, 0.15) is 35.5 Å². The molecule has 0 amide bonds. The summed E-state index contributed by atoms with van der Waals surface area (Å²) >= 11 is 5.21. The van der Waals surface area contributed by atoms with Crippen molar-refractivity contribution < 1.29 is 4.79 Å². The highest BCUT2D eigenvalue weighted by molar-refractivity contribution is 9.10. The first-order chi connectivity index (χ1) is 8.94. The molecule has 0 unspecified atom stereocenters. The topological polar surface area (TPSA) is 17.1 Å². The lowest BCUT2D eigenvalue weighted by atomic mass is 9.77. The molecule has 3 rings (SSSR count). The van der Waals surface area contributed by atoms with Gasteiger partial charge in [0.1, 0.15) is 0 Å². The van der Waals surface area contributed by atoms with Gasteiger partial charge in [0.2, 0.25) is 0 Å². The van der Waals surface area contributed by atoms with E-state index in [0.29, 0.717) is 12.2 Å². The van der Waals surface area contributed by atoms with Gasteiger partial charge in [-0.1, -0.05) is 41.9 Å². The zero-order valence-electron chi connectivity index (χ0n) is 11.0. The Hall–Kier alpha value is -0.930. The summed E-state index contributed by atoms with van der Waals surface area (Å²) in [6, 6.07) is 10.3. The molecule has 2 aromatic rings. The number of carbonyl (C=O) groups is 1. The standard InChI is InChI=1S/C16H15BrOS/c1-16(2)8-13(18)12-7-14(19-15(12)9-16)10-3-5-11(17)6-4-10/h3-7H,8-9H2,1-2H3. The molecule has 0 atom stereocenters. The number of benzene rings is 1. The largest absolute Gasteiger partial charge is 0.294 e. The van der Waals surface area contributed by atoms with E-state index < -0.39 is 0 Å². The highest BCUT2D eigenvalue weighted by Gasteiger charge is 2.32. The first kappa shape index (κ1) is 13.1. The smallest absolute Gasteiger partial charge is 0.164 e. The molecule has 1 aromatic carbocycles. The molecule has 1 aromatic heterocycles. The van der Waals surface area contributed by atoms with E-state index in [1.807, 2.05) is 12.1 Å². The molecule has 0 spiro atoms. The van der Waals surface area contributed by atoms with Gasteiger partial charge in [-0.05, 0) is 35.6 Å². The molecule has 0 fully saturated rings. The fourth-order valence-electron chi connectivity index (χ4n) is 2.58. The van der Waals surface area contributed by atoms with Gasteiger partial charge in [-0.15, -0.1) is 11.3 Å². The Morgan fingerprint density at radius 2 is 1.84 bits per heavy atom. The molecule has 3 heteroatoms. The Morgan fingerprint density at radius 1 is 1.16 bits per heavy atom. The number of halogens is 1. The van der Waals surface area contributed by atoms with Gasteiger partial charge in [0, 0.05) is 26.2 Å². The highest BCUT2D eigenvalue weighted by Crippen LogP contribution is 2.41. The van der Waals surface area contributed by atoms with Gasteiger partial charge in [0.25, 0.3) is 0 Å². The molecule has 1 aliphatic carbocycles. The van der Waals surface area contributed by atoms with Crippen LogP contribution in [-0.4, -0.2) is 5.78 Å². The third-order valence-corrected chi connectivity index (χ3v) is 5.23. The van der Waals surface area contributed by atoms with E-state index in [-0.39, 0.29) is 5.41 Å². The molecule has 98 valence electrons. The number of Topliss-reactive ketones (excluding diaryl/α,β-unsaturated/α-hetero) is 1. The zero-order valence-corrected chi connectivity index (χ0v) is 13.4. The maximum Gasteiger partial charge on any atom is 0.164 e. The number of rotatable bonds is 1. The number of hydrogen-bond acceptors (Lipinski definition) is 2. The van der Waals surface area contributed by atoms with Crippen molar-refractivity contribution >= 4 is 33.0 Å². The van der Waals surface area contributed by atoms with E-state index in [9.17, 15) is 4.79 Å². The van der Waals surface area contributed by atoms with E-state index in [0.717, 1.165) is 16.5 Å². The summed E-state index contributed by atoms with van der Waals surface area (Å²) in [7, 11) is 0. The van der Waals surface area contributed by atoms with Crippen LogP contribution in [0.2, 0.25) is 0 Å². The Balaban J connectivity index is 2.03. The first-order valence-electron chi connectivity index (χ1n) is 6.36. The number of carbonyl (C=O) groups excluding carboxylic acids is 1. The lowest BCUT2D eigenvalue weighted by molar-refractivity contribution is 0.0914. The van der Waals surface area contributed by atoms with Crippen molar-refractivity contribution in [1.82, 2.24) is 0 Å². The average Bonchev–Trinajstić information content (AvgIpc) is 2.72. The Morgan fingerprint density at radius 3 is 2.53 bits per heavy atom. The molecule has 0 aliphatic heterocycles. The molecular weight excluding hydrogens is 320 g/mol. The summed E-state index contributed by atoms with van der Waals surface area (Å²) in [4.78, 5) is 14.6. The normalized spacial score (nSPS) is 17.3. The van der Waals surface area contributed by atoms with Gasteiger partial charge < -0.3 is 0 Å². The molecule has 1 heterocycles. The second-order valence-corrected chi connectivity index (χ2v) is 7.95. The summed E-state index contributed by atoms with van der Waals surface area (Å²) in [5.41, 5.74) is 2.24. The first-order valence-corrected chi connectivity index (χ1v) is 7.97. The Kier molecular flexibility index (Phi) is 3.14. The fraction of sp³-hybridized carbons (Fsp3) is 0.312. The van der Waals surface area contributed by atoms with Gasteiger partial charge in [-0.3, -0.25) is 4.79 Å². The summed E-state index contributed by atoms with van der Waals surface area (Å²) < 4.78 is 1.08. The van der Waals surface area contributed by atoms with Gasteiger partial charge in [-0.2, -0.15) is 0 Å². The molecule has 0 saturated carbocycles. The predicted octanol–water partition coefficient (Wildman–Crippen LogP) is 5.33. The Labute approximate surface area is 125 Å². The van der Waals surface area contributed by atoms with Crippen molar-refractivity contribution in [1.29, 1.82) is 0 Å². The summed E-state index contributed by atoms with van der Waals surface area (Å²) in [6.07, 6.45) is 1.67. The lowest BCUT2D eigenvalue weighted by Crippen LogP contribution is -2.25. The number of thiophene rings is 1. The molecule has 0 N–H and O–H groups in total. The predicted molar refractivity (Wildman–Crippen MR) is 83.9 cm³/mol. The van der Waals surface area contributed by atoms with Crippen LogP contribution in [0.15, 0.2) is 34.8 Å². The third kappa shape index (κ3) is 2.54. The number of fused-ring (bicyclic) bond motifs is 1. The minimum Gasteiger partial charge on any atom is -0.294 e. The van der Waals surface area contributed by atoms with Crippen molar-refractivity contribution in [3.8, 4) is 10.4 Å². The summed E-state index contributed by atoms with van der Waals surface area (Å²) in [5, 5.41) is 0. The van der Waals surface area contributed by atoms with Crippen molar-refractivity contribution in [2.24, 2.45) is 5.41 Å². The van der Waals surface area contributed by atoms with Crippen LogP contribution in [-0.2, 0) is 6.42 Å². The van der Waals surface area contributed by atoms with E-state index >= 15 is 0 Å². The SMILES string of the molecule is CC1(C)CC(=O)c2cc(-c3ccc(Br)cc3)sc2C1. The van der Waals surface area contributed by atoms with E-state index in [1.165, 1.54) is 15.3 Å². The molecule has 1 nitrogen and oxygen atoms in total. The van der Waals surface area contributed by atoms with E-state index in [1.54, 1.807) is 11.3 Å². The number of hydrogen-bond donors (Lipinski definition) is 0. The van der Waals surface area contributed by atoms with Crippen molar-refractivity contribution in [3.63, 3.8) is 0 Å². The maximum atomic E-state index is 12.2. The van der Waals surface area contributed by atoms with Gasteiger partial charge in [0.05, 0.1) is 0 Å². The van der Waals surface area contributed by atoms with Gasteiger partial charge in [0.15, 0.2) is 5.78 Å². The highest BCUT2D eigenvalue weighted by atomic mass is 79.9. The molecule has 0 radical (unpaired) electrons. The molecule has 19 heavy (non-hydrogen) atoms. The van der Waals surface area contributed by atoms with Crippen LogP contribution in [0.5, 0.6) is 0 Å².